The van der Waals surface area contributed by atoms with E-state index in [4.69, 9.17) is 9.26 Å². The number of carbonyl (C=O) groups excluding carboxylic acids is 1. The Hall–Kier alpha value is -3.17. The van der Waals surface area contributed by atoms with E-state index in [1.54, 1.807) is 24.8 Å². The van der Waals surface area contributed by atoms with Crippen molar-refractivity contribution in [1.82, 2.24) is 20.0 Å². The molecule has 1 atom stereocenters. The largest absolute Gasteiger partial charge is 0.481 e. The average molecular weight is 448 g/mol. The van der Waals surface area contributed by atoms with Crippen LogP contribution in [0.4, 0.5) is 13.2 Å². The van der Waals surface area contributed by atoms with Crippen LogP contribution in [0.25, 0.3) is 11.1 Å². The van der Waals surface area contributed by atoms with E-state index in [-0.39, 0.29) is 35.2 Å². The zero-order valence-corrected chi connectivity index (χ0v) is 17.9. The lowest BCUT2D eigenvalue weighted by Gasteiger charge is -2.32. The number of amides is 1. The Labute approximate surface area is 182 Å². The van der Waals surface area contributed by atoms with Gasteiger partial charge in [0, 0.05) is 42.5 Å². The number of hydrogen-bond acceptors (Lipinski definition) is 6. The lowest BCUT2D eigenvalue weighted by atomic mass is 9.91. The molecule has 1 aliphatic heterocycles. The minimum atomic E-state index is -4.58. The summed E-state index contributed by atoms with van der Waals surface area (Å²) in [5.74, 6) is -0.520. The van der Waals surface area contributed by atoms with Crippen LogP contribution in [0.5, 0.6) is 5.88 Å². The van der Waals surface area contributed by atoms with Crippen LogP contribution in [0.2, 0.25) is 0 Å². The van der Waals surface area contributed by atoms with E-state index in [1.807, 2.05) is 0 Å². The van der Waals surface area contributed by atoms with Gasteiger partial charge in [0.05, 0.1) is 23.8 Å². The molecule has 1 amide bonds. The smallest absolute Gasteiger partial charge is 0.417 e. The van der Waals surface area contributed by atoms with E-state index >= 15 is 0 Å². The Balaban J connectivity index is 1.69. The number of hydrogen-bond donors (Lipinski definition) is 0. The SMILES string of the molecule is COc1cc(C(=O)N2CCC[C@@H](c3noc4nc(C(C)C)cc(C(F)(F)F)c34)C2)ccn1. The Morgan fingerprint density at radius 3 is 2.78 bits per heavy atom. The molecule has 0 bridgehead atoms. The number of methoxy groups -OCH3 is 1. The van der Waals surface area contributed by atoms with E-state index in [0.717, 1.165) is 6.07 Å². The van der Waals surface area contributed by atoms with Crippen LogP contribution in [0.15, 0.2) is 28.9 Å². The number of carbonyl (C=O) groups is 1. The number of pyridine rings is 2. The zero-order chi connectivity index (χ0) is 23.0. The molecule has 0 aromatic carbocycles. The van der Waals surface area contributed by atoms with Gasteiger partial charge < -0.3 is 14.2 Å². The van der Waals surface area contributed by atoms with Gasteiger partial charge in [-0.2, -0.15) is 13.2 Å². The normalized spacial score (nSPS) is 17.2. The molecular formula is C22H23F3N4O3. The van der Waals surface area contributed by atoms with Gasteiger partial charge in [-0.1, -0.05) is 19.0 Å². The number of fused-ring (bicyclic) bond motifs is 1. The lowest BCUT2D eigenvalue weighted by Crippen LogP contribution is -2.39. The van der Waals surface area contributed by atoms with Crippen molar-refractivity contribution in [3.63, 3.8) is 0 Å². The fraction of sp³-hybridized carbons (Fsp3) is 0.455. The van der Waals surface area contributed by atoms with Gasteiger partial charge in [-0.25, -0.2) is 9.97 Å². The fourth-order valence-corrected chi connectivity index (χ4v) is 4.01. The summed E-state index contributed by atoms with van der Waals surface area (Å²) in [5.41, 5.74) is -0.0353. The summed E-state index contributed by atoms with van der Waals surface area (Å²) in [5, 5.41) is 3.86. The summed E-state index contributed by atoms with van der Waals surface area (Å²) < 4.78 is 52.0. The van der Waals surface area contributed by atoms with Gasteiger partial charge in [-0.3, -0.25) is 4.79 Å². The Kier molecular flexibility index (Phi) is 5.79. The number of ether oxygens (including phenoxy) is 1. The molecule has 0 spiro atoms. The predicted molar refractivity (Wildman–Crippen MR) is 110 cm³/mol. The third-order valence-corrected chi connectivity index (χ3v) is 5.68. The highest BCUT2D eigenvalue weighted by atomic mass is 19.4. The van der Waals surface area contributed by atoms with E-state index in [0.29, 0.717) is 36.5 Å². The number of alkyl halides is 3. The maximum Gasteiger partial charge on any atom is 0.417 e. The Morgan fingerprint density at radius 1 is 1.31 bits per heavy atom. The summed E-state index contributed by atoms with van der Waals surface area (Å²) in [4.78, 5) is 22.9. The lowest BCUT2D eigenvalue weighted by molar-refractivity contribution is -0.136. The second-order valence-corrected chi connectivity index (χ2v) is 8.17. The van der Waals surface area contributed by atoms with Gasteiger partial charge >= 0.3 is 6.18 Å². The van der Waals surface area contributed by atoms with E-state index in [9.17, 15) is 18.0 Å². The molecule has 1 saturated heterocycles. The minimum absolute atomic E-state index is 0.119. The highest BCUT2D eigenvalue weighted by Crippen LogP contribution is 2.40. The first-order chi connectivity index (χ1) is 15.2. The van der Waals surface area contributed by atoms with Crippen LogP contribution in [0.1, 0.15) is 65.8 Å². The zero-order valence-electron chi connectivity index (χ0n) is 17.9. The molecule has 32 heavy (non-hydrogen) atoms. The highest BCUT2D eigenvalue weighted by Gasteiger charge is 2.38. The average Bonchev–Trinajstić information content (AvgIpc) is 3.21. The van der Waals surface area contributed by atoms with Crippen LogP contribution in [-0.2, 0) is 6.18 Å². The van der Waals surface area contributed by atoms with Crippen molar-refractivity contribution in [1.29, 1.82) is 0 Å². The Bertz CT molecular complexity index is 1140. The van der Waals surface area contributed by atoms with Crippen molar-refractivity contribution in [3.05, 3.63) is 46.9 Å². The third kappa shape index (κ3) is 4.13. The highest BCUT2D eigenvalue weighted by molar-refractivity contribution is 5.94. The molecule has 3 aromatic heterocycles. The topological polar surface area (TPSA) is 81.4 Å². The van der Waals surface area contributed by atoms with E-state index < -0.39 is 17.7 Å². The van der Waals surface area contributed by atoms with Crippen LogP contribution >= 0.6 is 0 Å². The van der Waals surface area contributed by atoms with Crippen molar-refractivity contribution >= 4 is 17.0 Å². The van der Waals surface area contributed by atoms with E-state index in [2.05, 4.69) is 15.1 Å². The fourth-order valence-electron chi connectivity index (χ4n) is 4.01. The quantitative estimate of drug-likeness (QED) is 0.571. The molecule has 4 heterocycles. The van der Waals surface area contributed by atoms with Gasteiger partial charge in [0.25, 0.3) is 11.6 Å². The molecule has 1 aliphatic rings. The van der Waals surface area contributed by atoms with Gasteiger partial charge in [0.2, 0.25) is 5.88 Å². The summed E-state index contributed by atoms with van der Waals surface area (Å²) >= 11 is 0. The van der Waals surface area contributed by atoms with Crippen LogP contribution in [0.3, 0.4) is 0 Å². The second kappa shape index (κ2) is 8.40. The maximum atomic E-state index is 13.9. The third-order valence-electron chi connectivity index (χ3n) is 5.68. The van der Waals surface area contributed by atoms with Crippen molar-refractivity contribution in [2.45, 2.75) is 44.7 Å². The molecule has 0 radical (unpaired) electrons. The molecule has 7 nitrogen and oxygen atoms in total. The molecular weight excluding hydrogens is 425 g/mol. The standard InChI is InChI=1S/C22H23F3N4O3/c1-12(2)16-10-15(22(23,24)25)18-19(28-32-20(18)27-16)14-5-4-8-29(11-14)21(30)13-6-7-26-17(9-13)31-3/h6-7,9-10,12,14H,4-5,8,11H2,1-3H3/t14-/m1/s1. The molecule has 1 fully saturated rings. The first kappa shape index (κ1) is 22.0. The molecule has 170 valence electrons. The molecule has 10 heteroatoms. The second-order valence-electron chi connectivity index (χ2n) is 8.17. The minimum Gasteiger partial charge on any atom is -0.481 e. The molecule has 0 saturated carbocycles. The van der Waals surface area contributed by atoms with Crippen molar-refractivity contribution in [2.24, 2.45) is 0 Å². The summed E-state index contributed by atoms with van der Waals surface area (Å²) in [7, 11) is 1.46. The number of likely N-dealkylation sites (tertiary alicyclic amines) is 1. The molecule has 0 N–H and O–H groups in total. The van der Waals surface area contributed by atoms with Crippen molar-refractivity contribution in [2.75, 3.05) is 20.2 Å². The maximum absolute atomic E-state index is 13.9. The van der Waals surface area contributed by atoms with Gasteiger partial charge in [0.1, 0.15) is 0 Å². The first-order valence-corrected chi connectivity index (χ1v) is 10.4. The molecule has 4 rings (SSSR count). The Morgan fingerprint density at radius 2 is 2.09 bits per heavy atom. The first-order valence-electron chi connectivity index (χ1n) is 10.4. The van der Waals surface area contributed by atoms with Crippen LogP contribution in [-0.4, -0.2) is 46.1 Å². The summed E-state index contributed by atoms with van der Waals surface area (Å²) in [6.07, 6.45) is -1.88. The van der Waals surface area contributed by atoms with Crippen LogP contribution < -0.4 is 4.74 Å². The molecule has 0 aliphatic carbocycles. The predicted octanol–water partition coefficient (Wildman–Crippen LogP) is 4.79. The number of aromatic nitrogens is 3. The summed E-state index contributed by atoms with van der Waals surface area (Å²) in [6, 6.07) is 4.19. The van der Waals surface area contributed by atoms with E-state index in [1.165, 1.54) is 19.4 Å². The molecule has 0 unspecified atom stereocenters. The van der Waals surface area contributed by atoms with Crippen molar-refractivity contribution in [3.8, 4) is 5.88 Å². The van der Waals surface area contributed by atoms with Crippen LogP contribution in [0, 0.1) is 0 Å². The monoisotopic (exact) mass is 448 g/mol. The summed E-state index contributed by atoms with van der Waals surface area (Å²) in [6.45, 7) is 4.26. The van der Waals surface area contributed by atoms with Gasteiger partial charge in [0.15, 0.2) is 0 Å². The molecule has 3 aromatic rings. The van der Waals surface area contributed by atoms with Gasteiger partial charge in [-0.05, 0) is 30.9 Å². The van der Waals surface area contributed by atoms with Gasteiger partial charge in [-0.15, -0.1) is 0 Å². The number of nitrogens with zero attached hydrogens (tertiary/aromatic N) is 4. The number of halogens is 3. The van der Waals surface area contributed by atoms with Crippen molar-refractivity contribution < 1.29 is 27.2 Å². The number of piperidine rings is 1. The number of rotatable bonds is 4.